The third-order valence-electron chi connectivity index (χ3n) is 4.04. The second-order valence-corrected chi connectivity index (χ2v) is 5.87. The zero-order chi connectivity index (χ0) is 20.1. The first-order valence-electron chi connectivity index (χ1n) is 8.55. The lowest BCUT2D eigenvalue weighted by molar-refractivity contribution is -0.143. The van der Waals surface area contributed by atoms with Crippen LogP contribution < -0.4 is 16.2 Å². The Labute approximate surface area is 158 Å². The summed E-state index contributed by atoms with van der Waals surface area (Å²) in [6.45, 7) is 1.51. The van der Waals surface area contributed by atoms with E-state index < -0.39 is 18.0 Å². The highest BCUT2D eigenvalue weighted by molar-refractivity contribution is 5.94. The number of nitrogens with zero attached hydrogens (tertiary/aromatic N) is 1. The molecule has 1 aliphatic rings. The van der Waals surface area contributed by atoms with Gasteiger partial charge in [-0.25, -0.2) is 14.7 Å². The predicted molar refractivity (Wildman–Crippen MR) is 97.2 cm³/mol. The molecule has 0 bridgehead atoms. The van der Waals surface area contributed by atoms with Crippen LogP contribution in [0.2, 0.25) is 0 Å². The van der Waals surface area contributed by atoms with Crippen molar-refractivity contribution in [3.05, 3.63) is 51.6 Å². The van der Waals surface area contributed by atoms with Gasteiger partial charge in [-0.05, 0) is 13.0 Å². The molecule has 0 fully saturated rings. The van der Waals surface area contributed by atoms with E-state index in [1.165, 1.54) is 0 Å². The van der Waals surface area contributed by atoms with Gasteiger partial charge in [-0.1, -0.05) is 18.2 Å². The lowest BCUT2D eigenvalue weighted by Gasteiger charge is -2.21. The molecule has 1 aromatic carbocycles. The Bertz CT molecular complexity index is 1030. The lowest BCUT2D eigenvalue weighted by Crippen LogP contribution is -2.45. The van der Waals surface area contributed by atoms with Crippen LogP contribution in [0, 0.1) is 0 Å². The average molecular weight is 386 g/mol. The second-order valence-electron chi connectivity index (χ2n) is 5.87. The summed E-state index contributed by atoms with van der Waals surface area (Å²) in [5, 5.41) is 12.1. The number of benzene rings is 1. The van der Waals surface area contributed by atoms with Crippen molar-refractivity contribution in [3.8, 4) is 0 Å². The van der Waals surface area contributed by atoms with Crippen molar-refractivity contribution in [2.45, 2.75) is 13.3 Å². The number of fused-ring (bicyclic) bond motifs is 1. The average Bonchev–Trinajstić information content (AvgIpc) is 2.69. The second kappa shape index (κ2) is 8.33. The van der Waals surface area contributed by atoms with Gasteiger partial charge in [0, 0.05) is 5.39 Å². The van der Waals surface area contributed by atoms with Gasteiger partial charge in [0.2, 0.25) is 0 Å². The van der Waals surface area contributed by atoms with Crippen molar-refractivity contribution >= 4 is 28.7 Å². The smallest absolute Gasteiger partial charge is 0.337 e. The molecule has 2 heterocycles. The number of carbonyl (C=O) groups is 3. The minimum atomic E-state index is -0.631. The van der Waals surface area contributed by atoms with Crippen molar-refractivity contribution < 1.29 is 23.9 Å². The summed E-state index contributed by atoms with van der Waals surface area (Å²) in [4.78, 5) is 47.5. The third kappa shape index (κ3) is 4.17. The number of H-pyrrole nitrogens is 1. The summed E-state index contributed by atoms with van der Waals surface area (Å²) in [5.74, 6) is -1.23. The van der Waals surface area contributed by atoms with Crippen molar-refractivity contribution in [1.82, 2.24) is 20.8 Å². The van der Waals surface area contributed by atoms with Gasteiger partial charge in [0.15, 0.2) is 0 Å². The maximum absolute atomic E-state index is 12.2. The zero-order valence-corrected chi connectivity index (χ0v) is 15.0. The van der Waals surface area contributed by atoms with Crippen LogP contribution in [0.1, 0.15) is 12.6 Å². The van der Waals surface area contributed by atoms with Crippen molar-refractivity contribution in [2.75, 3.05) is 19.8 Å². The van der Waals surface area contributed by atoms with Crippen LogP contribution in [0.3, 0.4) is 0 Å². The Hall–Kier alpha value is -3.69. The van der Waals surface area contributed by atoms with E-state index in [2.05, 4.69) is 20.8 Å². The fourth-order valence-corrected chi connectivity index (χ4v) is 2.72. The summed E-state index contributed by atoms with van der Waals surface area (Å²) in [6.07, 6.45) is -0.189. The number of nitrogens with one attached hydrogen (secondary N) is 3. The molecular weight excluding hydrogens is 368 g/mol. The normalized spacial score (nSPS) is 13.7. The lowest BCUT2D eigenvalue weighted by atomic mass is 10.1. The van der Waals surface area contributed by atoms with Gasteiger partial charge in [0.25, 0.3) is 5.56 Å². The molecule has 2 amide bonds. The largest absolute Gasteiger partial charge is 0.463 e. The molecule has 0 saturated heterocycles. The maximum atomic E-state index is 12.2. The van der Waals surface area contributed by atoms with E-state index >= 15 is 0 Å². The molecule has 0 saturated carbocycles. The number of aromatic nitrogens is 2. The number of carbonyl (C=O) groups excluding carboxylic acids is 3. The van der Waals surface area contributed by atoms with Crippen LogP contribution in [0.5, 0.6) is 0 Å². The summed E-state index contributed by atoms with van der Waals surface area (Å²) < 4.78 is 10.1. The molecule has 10 nitrogen and oxygen atoms in total. The van der Waals surface area contributed by atoms with Crippen LogP contribution in [0.25, 0.3) is 10.8 Å². The van der Waals surface area contributed by atoms with Gasteiger partial charge in [-0.2, -0.15) is 5.10 Å². The molecule has 0 spiro atoms. The number of amides is 2. The Kier molecular flexibility index (Phi) is 5.68. The number of urea groups is 1. The highest BCUT2D eigenvalue weighted by Gasteiger charge is 2.24. The molecule has 10 heteroatoms. The van der Waals surface area contributed by atoms with Crippen LogP contribution in [-0.4, -0.2) is 47.9 Å². The minimum absolute atomic E-state index is 0.0241. The number of esters is 2. The van der Waals surface area contributed by atoms with Gasteiger partial charge in [-0.3, -0.25) is 9.59 Å². The fraction of sp³-hybridized carbons (Fsp3) is 0.278. The molecule has 2 aromatic rings. The number of hydrogen-bond acceptors (Lipinski definition) is 7. The zero-order valence-electron chi connectivity index (χ0n) is 15.0. The molecule has 1 aliphatic heterocycles. The molecule has 0 aliphatic carbocycles. The predicted octanol–water partition coefficient (Wildman–Crippen LogP) is 0.139. The van der Waals surface area contributed by atoms with E-state index in [1.54, 1.807) is 31.2 Å². The standard InChI is InChI=1S/C18H18N4O6/c1-2-27-17(25)12-8-19-18(26)20-14(12)9-28-15(23)7-13-10-5-3-4-6-11(10)16(24)22-21-13/h3-6H,2,7-9H2,1H3,(H,22,24)(H2,19,20,26). The van der Waals surface area contributed by atoms with Gasteiger partial charge in [0.1, 0.15) is 6.61 Å². The third-order valence-corrected chi connectivity index (χ3v) is 4.04. The van der Waals surface area contributed by atoms with Gasteiger partial charge >= 0.3 is 18.0 Å². The van der Waals surface area contributed by atoms with E-state index in [0.717, 1.165) is 0 Å². The van der Waals surface area contributed by atoms with E-state index in [0.29, 0.717) is 16.5 Å². The van der Waals surface area contributed by atoms with Gasteiger partial charge in [0.05, 0.1) is 41.9 Å². The van der Waals surface area contributed by atoms with Crippen LogP contribution in [0.15, 0.2) is 40.3 Å². The number of aromatic amines is 1. The molecule has 1 aromatic heterocycles. The van der Waals surface area contributed by atoms with Gasteiger partial charge < -0.3 is 20.1 Å². The number of rotatable bonds is 6. The van der Waals surface area contributed by atoms with E-state index in [1.807, 2.05) is 0 Å². The number of hydrogen-bond donors (Lipinski definition) is 3. The first-order chi connectivity index (χ1) is 13.5. The fourth-order valence-electron chi connectivity index (χ4n) is 2.72. The molecule has 28 heavy (non-hydrogen) atoms. The highest BCUT2D eigenvalue weighted by Crippen LogP contribution is 2.14. The Morgan fingerprint density at radius 3 is 2.64 bits per heavy atom. The van der Waals surface area contributed by atoms with Crippen LogP contribution >= 0.6 is 0 Å². The van der Waals surface area contributed by atoms with Gasteiger partial charge in [-0.15, -0.1) is 0 Å². The summed E-state index contributed by atoms with van der Waals surface area (Å²) in [5.41, 5.74) is 0.347. The molecule has 3 N–H and O–H groups in total. The molecule has 0 radical (unpaired) electrons. The Balaban J connectivity index is 1.73. The van der Waals surface area contributed by atoms with Crippen molar-refractivity contribution in [2.24, 2.45) is 0 Å². The minimum Gasteiger partial charge on any atom is -0.463 e. The van der Waals surface area contributed by atoms with E-state index in [4.69, 9.17) is 9.47 Å². The van der Waals surface area contributed by atoms with Crippen molar-refractivity contribution in [1.29, 1.82) is 0 Å². The first-order valence-corrected chi connectivity index (χ1v) is 8.55. The molecule has 0 atom stereocenters. The quantitative estimate of drug-likeness (QED) is 0.600. The monoisotopic (exact) mass is 386 g/mol. The SMILES string of the molecule is CCOC(=O)C1=C(COC(=O)Cc2n[nH]c(=O)c3ccccc23)NC(=O)NC1. The van der Waals surface area contributed by atoms with E-state index in [-0.39, 0.29) is 43.0 Å². The first kappa shape index (κ1) is 19.1. The molecular formula is C18H18N4O6. The van der Waals surface area contributed by atoms with Crippen LogP contribution in [0.4, 0.5) is 4.79 Å². The summed E-state index contributed by atoms with van der Waals surface area (Å²) >= 11 is 0. The van der Waals surface area contributed by atoms with E-state index in [9.17, 15) is 19.2 Å². The Morgan fingerprint density at radius 2 is 1.89 bits per heavy atom. The molecule has 146 valence electrons. The number of ether oxygens (including phenoxy) is 2. The molecule has 0 unspecified atom stereocenters. The Morgan fingerprint density at radius 1 is 1.14 bits per heavy atom. The highest BCUT2D eigenvalue weighted by atomic mass is 16.5. The topological polar surface area (TPSA) is 139 Å². The molecule has 3 rings (SSSR count). The summed E-state index contributed by atoms with van der Waals surface area (Å²) in [7, 11) is 0. The van der Waals surface area contributed by atoms with Crippen molar-refractivity contribution in [3.63, 3.8) is 0 Å². The summed E-state index contributed by atoms with van der Waals surface area (Å²) in [6, 6.07) is 6.26. The van der Waals surface area contributed by atoms with Crippen LogP contribution in [-0.2, 0) is 25.5 Å². The maximum Gasteiger partial charge on any atom is 0.337 e.